The largest absolute Gasteiger partial charge is 0.454 e. The minimum atomic E-state index is -0.662. The molecule has 3 aliphatic heterocycles. The molecule has 3 aliphatic rings. The summed E-state index contributed by atoms with van der Waals surface area (Å²) in [7, 11) is 0. The minimum Gasteiger partial charge on any atom is -0.454 e. The van der Waals surface area contributed by atoms with Gasteiger partial charge in [-0.05, 0) is 25.8 Å². The lowest BCUT2D eigenvalue weighted by atomic mass is 10.0. The maximum Gasteiger partial charge on any atom is 0.330 e. The molecule has 0 saturated carbocycles. The highest BCUT2D eigenvalue weighted by Crippen LogP contribution is 2.54. The Hall–Kier alpha value is -2.06. The van der Waals surface area contributed by atoms with Crippen molar-refractivity contribution in [1.29, 1.82) is 0 Å². The summed E-state index contributed by atoms with van der Waals surface area (Å²) < 4.78 is 11.0. The van der Waals surface area contributed by atoms with Crippen molar-refractivity contribution in [3.05, 3.63) is 35.9 Å². The number of esters is 1. The van der Waals surface area contributed by atoms with Crippen molar-refractivity contribution < 1.29 is 23.9 Å². The van der Waals surface area contributed by atoms with Gasteiger partial charge in [0, 0.05) is 25.3 Å². The smallest absolute Gasteiger partial charge is 0.330 e. The van der Waals surface area contributed by atoms with Gasteiger partial charge in [0.05, 0.1) is 12.2 Å². The molecular formula is C21H26N2O5S. The molecule has 29 heavy (non-hydrogen) atoms. The number of carbonyl (C=O) groups excluding carboxylic acids is 3. The summed E-state index contributed by atoms with van der Waals surface area (Å²) in [5.74, 6) is -0.302. The summed E-state index contributed by atoms with van der Waals surface area (Å²) in [5, 5.41) is 0. The molecule has 2 amide bonds. The third-order valence-corrected chi connectivity index (χ3v) is 7.33. The van der Waals surface area contributed by atoms with Crippen LogP contribution < -0.4 is 0 Å². The quantitative estimate of drug-likeness (QED) is 0.694. The fourth-order valence-electron chi connectivity index (χ4n) is 4.52. The Labute approximate surface area is 174 Å². The molecule has 4 atom stereocenters. The van der Waals surface area contributed by atoms with E-state index in [0.29, 0.717) is 31.7 Å². The van der Waals surface area contributed by atoms with Crippen LogP contribution in [0.2, 0.25) is 0 Å². The van der Waals surface area contributed by atoms with Crippen LogP contribution in [0.1, 0.15) is 32.3 Å². The molecule has 0 spiro atoms. The Morgan fingerprint density at radius 2 is 1.90 bits per heavy atom. The predicted molar refractivity (Wildman–Crippen MR) is 108 cm³/mol. The molecule has 0 unspecified atom stereocenters. The van der Waals surface area contributed by atoms with E-state index in [1.165, 1.54) is 0 Å². The third kappa shape index (κ3) is 3.75. The van der Waals surface area contributed by atoms with Crippen LogP contribution in [0.15, 0.2) is 30.3 Å². The Kier molecular flexibility index (Phi) is 5.57. The molecule has 1 aromatic carbocycles. The average molecular weight is 419 g/mol. The first-order chi connectivity index (χ1) is 13.9. The summed E-state index contributed by atoms with van der Waals surface area (Å²) in [6.45, 7) is 4.50. The van der Waals surface area contributed by atoms with Gasteiger partial charge in [0.25, 0.3) is 5.91 Å². The zero-order valence-corrected chi connectivity index (χ0v) is 17.5. The summed E-state index contributed by atoms with van der Waals surface area (Å²) in [4.78, 5) is 40.8. The van der Waals surface area contributed by atoms with E-state index in [1.807, 2.05) is 44.2 Å². The summed E-state index contributed by atoms with van der Waals surface area (Å²) >= 11 is 1.61. The van der Waals surface area contributed by atoms with E-state index in [2.05, 4.69) is 0 Å². The molecule has 7 nitrogen and oxygen atoms in total. The number of benzene rings is 1. The molecule has 3 heterocycles. The molecular weight excluding hydrogens is 392 g/mol. The second-order valence-corrected chi connectivity index (χ2v) is 9.20. The van der Waals surface area contributed by atoms with Crippen LogP contribution in [0, 0.1) is 0 Å². The van der Waals surface area contributed by atoms with Gasteiger partial charge in [-0.15, -0.1) is 11.8 Å². The van der Waals surface area contributed by atoms with E-state index in [-0.39, 0.29) is 30.6 Å². The van der Waals surface area contributed by atoms with Crippen molar-refractivity contribution in [2.75, 3.05) is 25.4 Å². The highest BCUT2D eigenvalue weighted by Gasteiger charge is 2.57. The van der Waals surface area contributed by atoms with Crippen LogP contribution in [0.25, 0.3) is 0 Å². The molecule has 8 heteroatoms. The lowest BCUT2D eigenvalue weighted by Gasteiger charge is -2.35. The van der Waals surface area contributed by atoms with Crippen LogP contribution in [0.3, 0.4) is 0 Å². The Bertz CT molecular complexity index is 794. The van der Waals surface area contributed by atoms with Crippen LogP contribution in [-0.4, -0.2) is 71.3 Å². The van der Waals surface area contributed by atoms with Gasteiger partial charge < -0.3 is 19.3 Å². The summed E-state index contributed by atoms with van der Waals surface area (Å²) in [6.07, 6.45) is 0.998. The Balaban J connectivity index is 1.42. The van der Waals surface area contributed by atoms with Crippen LogP contribution >= 0.6 is 11.8 Å². The van der Waals surface area contributed by atoms with Crippen molar-refractivity contribution in [3.63, 3.8) is 0 Å². The van der Waals surface area contributed by atoms with Crippen LogP contribution in [0.5, 0.6) is 0 Å². The molecule has 4 rings (SSSR count). The second kappa shape index (κ2) is 7.99. The predicted octanol–water partition coefficient (Wildman–Crippen LogP) is 1.76. The number of hydrogen-bond acceptors (Lipinski definition) is 6. The van der Waals surface area contributed by atoms with Crippen molar-refractivity contribution in [2.24, 2.45) is 0 Å². The van der Waals surface area contributed by atoms with Crippen molar-refractivity contribution in [2.45, 2.75) is 49.8 Å². The van der Waals surface area contributed by atoms with Gasteiger partial charge in [-0.3, -0.25) is 9.59 Å². The molecule has 3 saturated heterocycles. The molecule has 3 fully saturated rings. The van der Waals surface area contributed by atoms with E-state index < -0.39 is 16.9 Å². The number of fused-ring (bicyclic) bond motifs is 1. The molecule has 0 N–H and O–H groups in total. The summed E-state index contributed by atoms with van der Waals surface area (Å²) in [6, 6.07) is 9.16. The number of nitrogens with zero attached hydrogens (tertiary/aromatic N) is 2. The SMILES string of the molecule is C[C@@H]1CN(C(=O)COC(=O)[C@@H]2CS[C@@]3(c4ccccc4)CCC(=O)N23)C[C@@H](C)O1. The average Bonchev–Trinajstić information content (AvgIpc) is 3.25. The van der Waals surface area contributed by atoms with Gasteiger partial charge in [0.1, 0.15) is 10.9 Å². The molecule has 1 aromatic rings. The fourth-order valence-corrected chi connectivity index (χ4v) is 6.15. The van der Waals surface area contributed by atoms with E-state index in [4.69, 9.17) is 9.47 Å². The molecule has 156 valence electrons. The topological polar surface area (TPSA) is 76.2 Å². The number of amides is 2. The van der Waals surface area contributed by atoms with Gasteiger partial charge in [0.2, 0.25) is 5.91 Å². The van der Waals surface area contributed by atoms with E-state index >= 15 is 0 Å². The number of carbonyl (C=O) groups is 3. The van der Waals surface area contributed by atoms with Crippen molar-refractivity contribution in [3.8, 4) is 0 Å². The van der Waals surface area contributed by atoms with Gasteiger partial charge in [-0.2, -0.15) is 0 Å². The summed E-state index contributed by atoms with van der Waals surface area (Å²) in [5.41, 5.74) is 1.03. The fraction of sp³-hybridized carbons (Fsp3) is 0.571. The number of ether oxygens (including phenoxy) is 2. The highest BCUT2D eigenvalue weighted by molar-refractivity contribution is 8.00. The van der Waals surface area contributed by atoms with Gasteiger partial charge in [-0.25, -0.2) is 4.79 Å². The number of hydrogen-bond donors (Lipinski definition) is 0. The molecule has 0 aromatic heterocycles. The maximum absolute atomic E-state index is 12.8. The number of rotatable bonds is 4. The second-order valence-electron chi connectivity index (χ2n) is 7.90. The lowest BCUT2D eigenvalue weighted by Crippen LogP contribution is -2.50. The van der Waals surface area contributed by atoms with Crippen LogP contribution in [-0.2, 0) is 28.7 Å². The van der Waals surface area contributed by atoms with Crippen molar-refractivity contribution >= 4 is 29.5 Å². The van der Waals surface area contributed by atoms with E-state index in [9.17, 15) is 14.4 Å². The van der Waals surface area contributed by atoms with E-state index in [0.717, 1.165) is 5.56 Å². The lowest BCUT2D eigenvalue weighted by molar-refractivity contribution is -0.161. The van der Waals surface area contributed by atoms with Crippen molar-refractivity contribution in [1.82, 2.24) is 9.80 Å². The highest BCUT2D eigenvalue weighted by atomic mass is 32.2. The van der Waals surface area contributed by atoms with Gasteiger partial charge >= 0.3 is 5.97 Å². The standard InChI is InChI=1S/C21H26N2O5S/c1-14-10-22(11-15(2)28-14)19(25)12-27-20(26)17-13-29-21(9-8-18(24)23(17)21)16-6-4-3-5-7-16/h3-7,14-15,17H,8-13H2,1-2H3/t14-,15-,17+,21-/m1/s1. The number of thioether (sulfide) groups is 1. The van der Waals surface area contributed by atoms with Gasteiger partial charge in [0.15, 0.2) is 6.61 Å². The number of morpholine rings is 1. The van der Waals surface area contributed by atoms with Gasteiger partial charge in [-0.1, -0.05) is 30.3 Å². The first kappa shape index (κ1) is 20.2. The Morgan fingerprint density at radius 3 is 2.59 bits per heavy atom. The third-order valence-electron chi connectivity index (χ3n) is 5.73. The normalized spacial score (nSPS) is 31.7. The monoisotopic (exact) mass is 418 g/mol. The van der Waals surface area contributed by atoms with Crippen LogP contribution in [0.4, 0.5) is 0 Å². The first-order valence-corrected chi connectivity index (χ1v) is 11.0. The molecule has 0 radical (unpaired) electrons. The van der Waals surface area contributed by atoms with E-state index in [1.54, 1.807) is 21.6 Å². The molecule has 0 aliphatic carbocycles. The molecule has 0 bridgehead atoms. The Morgan fingerprint density at radius 1 is 1.21 bits per heavy atom. The first-order valence-electron chi connectivity index (χ1n) is 10.0. The zero-order chi connectivity index (χ0) is 20.6. The minimum absolute atomic E-state index is 0.0389. The zero-order valence-electron chi connectivity index (χ0n) is 16.7. The maximum atomic E-state index is 12.8.